The molecule has 0 aliphatic heterocycles. The molecule has 1 aromatic carbocycles. The fourth-order valence-electron chi connectivity index (χ4n) is 4.60. The standard InChI is InChI=1S/C25H42N2O.CH4O3S/c1-20(2)18-22-12-14-24(15-13-22)21(3)25(28)26-16-9-17-27(4,5)19-23-10-7-6-8-11-23;1-5(2,3)4/h12-15,20-21,23H,6-11,16-19H2,1-5H3;1H3,(H,2,3,4)/p+1. The average molecular weight is 484 g/mol. The molecule has 7 heteroatoms. The average Bonchev–Trinajstić information content (AvgIpc) is 2.70. The molecule has 0 radical (unpaired) electrons. The van der Waals surface area contributed by atoms with Crippen LogP contribution in [-0.4, -0.2) is 63.3 Å². The molecule has 0 heterocycles. The fraction of sp³-hybridized carbons (Fsp3) is 0.731. The lowest BCUT2D eigenvalue weighted by atomic mass is 9.88. The van der Waals surface area contributed by atoms with Gasteiger partial charge in [-0.1, -0.05) is 57.4 Å². The number of quaternary nitrogens is 1. The minimum Gasteiger partial charge on any atom is -0.355 e. The van der Waals surface area contributed by atoms with E-state index in [2.05, 4.69) is 57.5 Å². The SMILES string of the molecule is CC(C)Cc1ccc(C(C)C(=O)NCCC[N+](C)(C)CC2CCCCC2)cc1.CS(=O)(=O)O. The van der Waals surface area contributed by atoms with Gasteiger partial charge in [0.1, 0.15) is 0 Å². The van der Waals surface area contributed by atoms with Crippen LogP contribution in [0.15, 0.2) is 24.3 Å². The van der Waals surface area contributed by atoms with Crippen LogP contribution >= 0.6 is 0 Å². The van der Waals surface area contributed by atoms with Crippen LogP contribution in [0.3, 0.4) is 0 Å². The van der Waals surface area contributed by atoms with Gasteiger partial charge in [-0.3, -0.25) is 9.35 Å². The minimum atomic E-state index is -3.67. The molecule has 1 saturated carbocycles. The molecule has 190 valence electrons. The van der Waals surface area contributed by atoms with Gasteiger partial charge in [0.2, 0.25) is 5.91 Å². The van der Waals surface area contributed by atoms with Gasteiger partial charge in [0.15, 0.2) is 0 Å². The molecule has 1 amide bonds. The molecule has 1 aliphatic carbocycles. The van der Waals surface area contributed by atoms with Crippen LogP contribution in [0.25, 0.3) is 0 Å². The number of rotatable bonds is 10. The monoisotopic (exact) mass is 483 g/mol. The largest absolute Gasteiger partial charge is 0.355 e. The Bertz CT molecular complexity index is 790. The van der Waals surface area contributed by atoms with Gasteiger partial charge < -0.3 is 9.80 Å². The quantitative estimate of drug-likeness (QED) is 0.288. The van der Waals surface area contributed by atoms with Crippen molar-refractivity contribution in [3.8, 4) is 0 Å². The highest BCUT2D eigenvalue weighted by atomic mass is 32.2. The van der Waals surface area contributed by atoms with Gasteiger partial charge in [0, 0.05) is 18.9 Å². The van der Waals surface area contributed by atoms with Crippen molar-refractivity contribution < 1.29 is 22.2 Å². The molecule has 2 N–H and O–H groups in total. The smallest absolute Gasteiger partial charge is 0.261 e. The molecule has 0 spiro atoms. The number of benzene rings is 1. The number of carbonyl (C=O) groups excluding carboxylic acids is 1. The Hall–Kier alpha value is -1.44. The summed E-state index contributed by atoms with van der Waals surface area (Å²) >= 11 is 0. The molecular formula is C26H47N2O4S+. The zero-order valence-corrected chi connectivity index (χ0v) is 22.5. The van der Waals surface area contributed by atoms with Crippen molar-refractivity contribution in [1.82, 2.24) is 5.32 Å². The number of nitrogens with zero attached hydrogens (tertiary/aromatic N) is 1. The summed E-state index contributed by atoms with van der Waals surface area (Å²) in [4.78, 5) is 12.5. The second-order valence-corrected chi connectivity index (χ2v) is 12.3. The first-order valence-electron chi connectivity index (χ1n) is 12.4. The Morgan fingerprint density at radius 2 is 1.64 bits per heavy atom. The first-order chi connectivity index (χ1) is 15.3. The number of nitrogens with one attached hydrogen (secondary N) is 1. The van der Waals surface area contributed by atoms with Crippen LogP contribution < -0.4 is 5.32 Å². The van der Waals surface area contributed by atoms with Crippen LogP contribution in [0.1, 0.15) is 76.3 Å². The summed E-state index contributed by atoms with van der Waals surface area (Å²) in [5, 5.41) is 3.16. The summed E-state index contributed by atoms with van der Waals surface area (Å²) in [5.74, 6) is 1.62. The topological polar surface area (TPSA) is 83.5 Å². The van der Waals surface area contributed by atoms with Crippen molar-refractivity contribution in [3.63, 3.8) is 0 Å². The molecule has 2 rings (SSSR count). The highest BCUT2D eigenvalue weighted by Crippen LogP contribution is 2.25. The van der Waals surface area contributed by atoms with Gasteiger partial charge in [-0.15, -0.1) is 0 Å². The van der Waals surface area contributed by atoms with Gasteiger partial charge in [0.05, 0.1) is 39.4 Å². The second kappa shape index (κ2) is 14.1. The van der Waals surface area contributed by atoms with Crippen LogP contribution in [0.4, 0.5) is 0 Å². The predicted molar refractivity (Wildman–Crippen MR) is 137 cm³/mol. The van der Waals surface area contributed by atoms with Crippen LogP contribution in [-0.2, 0) is 21.3 Å². The van der Waals surface area contributed by atoms with Crippen LogP contribution in [0, 0.1) is 11.8 Å². The molecule has 6 nitrogen and oxygen atoms in total. The summed E-state index contributed by atoms with van der Waals surface area (Å²) in [5.41, 5.74) is 2.46. The van der Waals surface area contributed by atoms with Gasteiger partial charge >= 0.3 is 0 Å². The van der Waals surface area contributed by atoms with Crippen molar-refractivity contribution in [2.75, 3.05) is 40.0 Å². The van der Waals surface area contributed by atoms with E-state index in [0.29, 0.717) is 12.2 Å². The minimum absolute atomic E-state index is 0.0853. The third-order valence-electron chi connectivity index (χ3n) is 6.23. The molecule has 1 fully saturated rings. The molecule has 1 aromatic rings. The maximum absolute atomic E-state index is 12.5. The van der Waals surface area contributed by atoms with Gasteiger partial charge in [-0.05, 0) is 43.2 Å². The van der Waals surface area contributed by atoms with E-state index in [1.807, 2.05) is 6.92 Å². The highest BCUT2D eigenvalue weighted by molar-refractivity contribution is 7.85. The van der Waals surface area contributed by atoms with Gasteiger partial charge in [-0.25, -0.2) is 0 Å². The number of hydrogen-bond acceptors (Lipinski definition) is 3. The van der Waals surface area contributed by atoms with E-state index >= 15 is 0 Å². The summed E-state index contributed by atoms with van der Waals surface area (Å²) in [6, 6.07) is 8.58. The Morgan fingerprint density at radius 1 is 1.09 bits per heavy atom. The Kier molecular flexibility index (Phi) is 12.6. The molecular weight excluding hydrogens is 436 g/mol. The lowest BCUT2D eigenvalue weighted by Gasteiger charge is -2.35. The predicted octanol–water partition coefficient (Wildman–Crippen LogP) is 4.66. The summed E-state index contributed by atoms with van der Waals surface area (Å²) in [7, 11) is 1.02. The van der Waals surface area contributed by atoms with Crippen LogP contribution in [0.5, 0.6) is 0 Å². The summed E-state index contributed by atoms with van der Waals surface area (Å²) in [6.45, 7) is 9.68. The Balaban J connectivity index is 0.000000981. The number of amides is 1. The van der Waals surface area contributed by atoms with E-state index in [4.69, 9.17) is 4.55 Å². The van der Waals surface area contributed by atoms with Crippen molar-refractivity contribution in [2.24, 2.45) is 11.8 Å². The Morgan fingerprint density at radius 3 is 2.15 bits per heavy atom. The van der Waals surface area contributed by atoms with Gasteiger partial charge in [-0.2, -0.15) is 8.42 Å². The zero-order chi connectivity index (χ0) is 25.1. The molecule has 1 aliphatic rings. The van der Waals surface area contributed by atoms with E-state index in [1.165, 1.54) is 44.2 Å². The first-order valence-corrected chi connectivity index (χ1v) is 14.2. The molecule has 1 atom stereocenters. The van der Waals surface area contributed by atoms with Crippen molar-refractivity contribution >= 4 is 16.0 Å². The molecule has 33 heavy (non-hydrogen) atoms. The normalized spacial score (nSPS) is 16.1. The van der Waals surface area contributed by atoms with E-state index < -0.39 is 10.1 Å². The van der Waals surface area contributed by atoms with E-state index in [0.717, 1.165) is 41.9 Å². The summed E-state index contributed by atoms with van der Waals surface area (Å²) in [6.07, 6.45) is 9.93. The number of hydrogen-bond donors (Lipinski definition) is 2. The van der Waals surface area contributed by atoms with E-state index in [9.17, 15) is 13.2 Å². The lowest BCUT2D eigenvalue weighted by Crippen LogP contribution is -2.45. The Labute approximate surface area is 202 Å². The van der Waals surface area contributed by atoms with Gasteiger partial charge in [0.25, 0.3) is 10.1 Å². The highest BCUT2D eigenvalue weighted by Gasteiger charge is 2.23. The first kappa shape index (κ1) is 29.6. The zero-order valence-electron chi connectivity index (χ0n) is 21.6. The fourth-order valence-corrected chi connectivity index (χ4v) is 4.60. The third-order valence-corrected chi connectivity index (χ3v) is 6.23. The van der Waals surface area contributed by atoms with Crippen molar-refractivity contribution in [1.29, 1.82) is 0 Å². The lowest BCUT2D eigenvalue weighted by molar-refractivity contribution is -0.894. The molecule has 0 aromatic heterocycles. The summed E-state index contributed by atoms with van der Waals surface area (Å²) < 4.78 is 26.9. The van der Waals surface area contributed by atoms with Crippen molar-refractivity contribution in [2.45, 2.75) is 71.6 Å². The van der Waals surface area contributed by atoms with E-state index in [1.54, 1.807) is 0 Å². The maximum atomic E-state index is 12.5. The van der Waals surface area contributed by atoms with Crippen molar-refractivity contribution in [3.05, 3.63) is 35.4 Å². The second-order valence-electron chi connectivity index (χ2n) is 10.8. The number of carbonyl (C=O) groups is 1. The third kappa shape index (κ3) is 14.4. The molecule has 0 saturated heterocycles. The molecule has 0 bridgehead atoms. The van der Waals surface area contributed by atoms with E-state index in [-0.39, 0.29) is 11.8 Å². The molecule has 1 unspecified atom stereocenters. The van der Waals surface area contributed by atoms with Crippen LogP contribution in [0.2, 0.25) is 0 Å². The maximum Gasteiger partial charge on any atom is 0.261 e.